The van der Waals surface area contributed by atoms with E-state index in [1.807, 2.05) is 6.92 Å². The van der Waals surface area contributed by atoms with Gasteiger partial charge in [-0.2, -0.15) is 0 Å². The number of amides is 1. The maximum absolute atomic E-state index is 12.9. The summed E-state index contributed by atoms with van der Waals surface area (Å²) in [5, 5.41) is 74.3. The Morgan fingerprint density at radius 2 is 1.09 bits per heavy atom. The SMILES string of the molecule is CCCCCCCCCCCCCC/C=C\CCCCCCCCCCCC(O)C(=O)NC(COC1OC(CO)C(O)C(O)C1O)C(O)C(O)CCCC. The van der Waals surface area contributed by atoms with E-state index in [0.29, 0.717) is 12.8 Å². The van der Waals surface area contributed by atoms with Gasteiger partial charge in [0.15, 0.2) is 6.29 Å². The van der Waals surface area contributed by atoms with Crippen molar-refractivity contribution >= 4 is 5.91 Å². The normalized spacial score (nSPS) is 22.7. The van der Waals surface area contributed by atoms with E-state index < -0.39 is 74.2 Å². The van der Waals surface area contributed by atoms with Gasteiger partial charge in [0.25, 0.3) is 0 Å². The highest BCUT2D eigenvalue weighted by atomic mass is 16.7. The van der Waals surface area contributed by atoms with Crippen LogP contribution in [0.1, 0.15) is 187 Å². The summed E-state index contributed by atoms with van der Waals surface area (Å²) in [5.74, 6) is -0.710. The van der Waals surface area contributed by atoms with Crippen LogP contribution < -0.4 is 5.32 Å². The summed E-state index contributed by atoms with van der Waals surface area (Å²) in [6, 6.07) is -1.16. The van der Waals surface area contributed by atoms with Crippen LogP contribution in [0.2, 0.25) is 0 Å². The predicted molar refractivity (Wildman–Crippen MR) is 215 cm³/mol. The number of carbonyl (C=O) groups excluding carboxylic acids is 1. The maximum atomic E-state index is 12.9. The molecule has 0 saturated carbocycles. The first-order chi connectivity index (χ1) is 26.2. The smallest absolute Gasteiger partial charge is 0.249 e. The molecule has 11 nitrogen and oxygen atoms in total. The van der Waals surface area contributed by atoms with Crippen LogP contribution in [-0.2, 0) is 14.3 Å². The van der Waals surface area contributed by atoms with E-state index in [2.05, 4.69) is 24.4 Å². The van der Waals surface area contributed by atoms with Gasteiger partial charge >= 0.3 is 0 Å². The van der Waals surface area contributed by atoms with Gasteiger partial charge in [0, 0.05) is 0 Å². The summed E-state index contributed by atoms with van der Waals surface area (Å²) in [4.78, 5) is 12.9. The molecule has 0 bridgehead atoms. The fourth-order valence-electron chi connectivity index (χ4n) is 7.07. The second kappa shape index (κ2) is 33.9. The summed E-state index contributed by atoms with van der Waals surface area (Å²) in [5.41, 5.74) is 0. The van der Waals surface area contributed by atoms with Crippen LogP contribution in [0, 0.1) is 0 Å². The average molecular weight is 774 g/mol. The molecule has 8 N–H and O–H groups in total. The van der Waals surface area contributed by atoms with Crippen molar-refractivity contribution in [2.45, 2.75) is 242 Å². The number of unbranched alkanes of at least 4 members (excludes halogenated alkanes) is 22. The Labute approximate surface area is 328 Å². The molecule has 0 aromatic heterocycles. The van der Waals surface area contributed by atoms with Crippen LogP contribution in [0.3, 0.4) is 0 Å². The van der Waals surface area contributed by atoms with Crippen molar-refractivity contribution < 1.29 is 50.0 Å². The molecule has 320 valence electrons. The molecule has 0 aromatic rings. The van der Waals surface area contributed by atoms with Crippen molar-refractivity contribution in [2.75, 3.05) is 13.2 Å². The Kier molecular flexibility index (Phi) is 32.0. The molecule has 1 saturated heterocycles. The molecule has 1 aliphatic rings. The molecule has 1 aliphatic heterocycles. The van der Waals surface area contributed by atoms with Crippen LogP contribution in [0.5, 0.6) is 0 Å². The standard InChI is InChI=1S/C43H83NO10/c1-3-5-7-8-9-10-11-12-13-14-15-16-17-18-19-20-21-22-23-24-25-26-27-28-29-31-36(47)42(52)44-34(38(48)35(46)30-6-4-2)33-53-43-41(51)40(50)39(49)37(32-45)54-43/h18-19,34-41,43,45-51H,3-17,20-33H2,1-2H3,(H,44,52)/b19-18-. The van der Waals surface area contributed by atoms with Gasteiger partial charge in [0.05, 0.1) is 25.4 Å². The Morgan fingerprint density at radius 3 is 1.57 bits per heavy atom. The number of nitrogens with one attached hydrogen (secondary N) is 1. The van der Waals surface area contributed by atoms with Crippen molar-refractivity contribution in [2.24, 2.45) is 0 Å². The highest BCUT2D eigenvalue weighted by Gasteiger charge is 2.44. The maximum Gasteiger partial charge on any atom is 0.249 e. The van der Waals surface area contributed by atoms with Gasteiger partial charge in [-0.05, 0) is 38.5 Å². The summed E-state index contributed by atoms with van der Waals surface area (Å²) < 4.78 is 10.9. The molecule has 1 amide bonds. The van der Waals surface area contributed by atoms with E-state index in [1.165, 1.54) is 122 Å². The van der Waals surface area contributed by atoms with E-state index >= 15 is 0 Å². The topological polar surface area (TPSA) is 189 Å². The predicted octanol–water partition coefficient (Wildman–Crippen LogP) is 6.50. The third-order valence-electron chi connectivity index (χ3n) is 10.8. The second-order valence-electron chi connectivity index (χ2n) is 15.8. The Bertz CT molecular complexity index is 892. The van der Waals surface area contributed by atoms with Crippen LogP contribution in [0.4, 0.5) is 0 Å². The monoisotopic (exact) mass is 774 g/mol. The van der Waals surface area contributed by atoms with Crippen LogP contribution in [-0.4, -0.2) is 110 Å². The lowest BCUT2D eigenvalue weighted by atomic mass is 9.99. The lowest BCUT2D eigenvalue weighted by Gasteiger charge is -2.40. The Hall–Kier alpha value is -1.15. The van der Waals surface area contributed by atoms with E-state index in [-0.39, 0.29) is 12.8 Å². The number of aliphatic hydroxyl groups is 7. The average Bonchev–Trinajstić information content (AvgIpc) is 3.17. The largest absolute Gasteiger partial charge is 0.394 e. The van der Waals surface area contributed by atoms with Crippen molar-refractivity contribution in [3.8, 4) is 0 Å². The van der Waals surface area contributed by atoms with Gasteiger partial charge in [-0.1, -0.05) is 161 Å². The third-order valence-corrected chi connectivity index (χ3v) is 10.8. The Balaban J connectivity index is 2.16. The molecule has 9 atom stereocenters. The molecule has 9 unspecified atom stereocenters. The van der Waals surface area contributed by atoms with Gasteiger partial charge < -0.3 is 50.5 Å². The van der Waals surface area contributed by atoms with E-state index in [0.717, 1.165) is 25.7 Å². The second-order valence-corrected chi connectivity index (χ2v) is 15.8. The fraction of sp³-hybridized carbons (Fsp3) is 0.930. The number of hydrogen-bond acceptors (Lipinski definition) is 10. The van der Waals surface area contributed by atoms with Gasteiger partial charge in [-0.15, -0.1) is 0 Å². The lowest BCUT2D eigenvalue weighted by Crippen LogP contribution is -2.60. The molecular formula is C43H83NO10. The zero-order valence-electron chi connectivity index (χ0n) is 34.2. The van der Waals surface area contributed by atoms with E-state index in [4.69, 9.17) is 9.47 Å². The minimum absolute atomic E-state index is 0.257. The zero-order chi connectivity index (χ0) is 39.8. The molecule has 0 aliphatic carbocycles. The molecule has 0 spiro atoms. The number of carbonyl (C=O) groups is 1. The summed E-state index contributed by atoms with van der Waals surface area (Å²) >= 11 is 0. The van der Waals surface area contributed by atoms with Crippen molar-refractivity contribution in [1.82, 2.24) is 5.32 Å². The lowest BCUT2D eigenvalue weighted by molar-refractivity contribution is -0.303. The minimum atomic E-state index is -1.65. The van der Waals surface area contributed by atoms with Gasteiger partial charge in [0.1, 0.15) is 36.6 Å². The summed E-state index contributed by atoms with van der Waals surface area (Å²) in [6.45, 7) is 3.16. The Morgan fingerprint density at radius 1 is 0.630 bits per heavy atom. The first-order valence-electron chi connectivity index (χ1n) is 22.1. The molecule has 0 radical (unpaired) electrons. The van der Waals surface area contributed by atoms with Crippen LogP contribution in [0.25, 0.3) is 0 Å². The zero-order valence-corrected chi connectivity index (χ0v) is 34.2. The van der Waals surface area contributed by atoms with Gasteiger partial charge in [-0.3, -0.25) is 4.79 Å². The number of hydrogen-bond donors (Lipinski definition) is 8. The van der Waals surface area contributed by atoms with Crippen molar-refractivity contribution in [3.63, 3.8) is 0 Å². The molecule has 11 heteroatoms. The molecule has 0 aromatic carbocycles. The number of ether oxygens (including phenoxy) is 2. The fourth-order valence-corrected chi connectivity index (χ4v) is 7.07. The quantitative estimate of drug-likeness (QED) is 0.0258. The minimum Gasteiger partial charge on any atom is -0.394 e. The molecule has 54 heavy (non-hydrogen) atoms. The highest BCUT2D eigenvalue weighted by Crippen LogP contribution is 2.23. The molecule has 1 fully saturated rings. The van der Waals surface area contributed by atoms with E-state index in [9.17, 15) is 40.5 Å². The summed E-state index contributed by atoms with van der Waals surface area (Å²) in [7, 11) is 0. The van der Waals surface area contributed by atoms with E-state index in [1.54, 1.807) is 0 Å². The van der Waals surface area contributed by atoms with Gasteiger partial charge in [0.2, 0.25) is 5.91 Å². The highest BCUT2D eigenvalue weighted by molar-refractivity contribution is 5.80. The molecule has 1 rings (SSSR count). The number of rotatable bonds is 36. The van der Waals surface area contributed by atoms with Crippen molar-refractivity contribution in [1.29, 1.82) is 0 Å². The first kappa shape index (κ1) is 50.9. The van der Waals surface area contributed by atoms with Gasteiger partial charge in [-0.25, -0.2) is 0 Å². The first-order valence-corrected chi connectivity index (χ1v) is 22.1. The molecular weight excluding hydrogens is 690 g/mol. The number of allylic oxidation sites excluding steroid dienone is 2. The molecule has 1 heterocycles. The third kappa shape index (κ3) is 23.8. The van der Waals surface area contributed by atoms with Crippen LogP contribution >= 0.6 is 0 Å². The van der Waals surface area contributed by atoms with Crippen LogP contribution in [0.15, 0.2) is 12.2 Å². The number of aliphatic hydroxyl groups excluding tert-OH is 7. The summed E-state index contributed by atoms with van der Waals surface area (Å²) in [6.07, 6.45) is 24.3. The van der Waals surface area contributed by atoms with Crippen molar-refractivity contribution in [3.05, 3.63) is 12.2 Å².